The number of esters is 2. The van der Waals surface area contributed by atoms with E-state index >= 15 is 0 Å². The van der Waals surface area contributed by atoms with Gasteiger partial charge in [-0.3, -0.25) is 4.79 Å². The fourth-order valence-corrected chi connectivity index (χ4v) is 0.693. The molecule has 0 saturated carbocycles. The number of hydrogen-bond donors (Lipinski definition) is 3. The molecule has 0 radical (unpaired) electrons. The van der Waals surface area contributed by atoms with Gasteiger partial charge in [0.25, 0.3) is 6.29 Å². The molecule has 0 fully saturated rings. The third-order valence-corrected chi connectivity index (χ3v) is 1.61. The maximum atomic E-state index is 11.0. The van der Waals surface area contributed by atoms with Crippen LogP contribution in [0.4, 0.5) is 0 Å². The molecule has 0 heterocycles. The zero-order valence-corrected chi connectivity index (χ0v) is 9.12. The quantitative estimate of drug-likeness (QED) is 0.381. The molecule has 0 saturated heterocycles. The summed E-state index contributed by atoms with van der Waals surface area (Å²) in [7, 11) is 0. The van der Waals surface area contributed by atoms with Crippen molar-refractivity contribution in [2.24, 2.45) is 0 Å². The second kappa shape index (κ2) is 7.15. The zero-order valence-electron chi connectivity index (χ0n) is 9.12. The molecule has 0 aromatic rings. The van der Waals surface area contributed by atoms with Crippen LogP contribution in [-0.4, -0.2) is 52.4 Å². The second-order valence-electron chi connectivity index (χ2n) is 3.07. The van der Waals surface area contributed by atoms with Crippen LogP contribution in [0.1, 0.15) is 20.3 Å². The maximum Gasteiger partial charge on any atom is 0.337 e. The summed E-state index contributed by atoms with van der Waals surface area (Å²) in [4.78, 5) is 21.9. The summed E-state index contributed by atoms with van der Waals surface area (Å²) >= 11 is 0. The summed E-state index contributed by atoms with van der Waals surface area (Å²) in [5.74, 6) is -1.75. The molecule has 3 unspecified atom stereocenters. The zero-order chi connectivity index (χ0) is 12.7. The Kier molecular flexibility index (Phi) is 6.63. The van der Waals surface area contributed by atoms with Gasteiger partial charge >= 0.3 is 11.9 Å². The Balaban J connectivity index is 4.43. The lowest BCUT2D eigenvalue weighted by molar-refractivity contribution is -0.214. The predicted molar refractivity (Wildman–Crippen MR) is 51.0 cm³/mol. The molecule has 0 bridgehead atoms. The first-order valence-electron chi connectivity index (χ1n) is 4.79. The number of aliphatic hydroxyl groups excluding tert-OH is 3. The Bertz CT molecular complexity index is 238. The van der Waals surface area contributed by atoms with Crippen LogP contribution in [0.5, 0.6) is 0 Å². The minimum absolute atomic E-state index is 0.0286. The summed E-state index contributed by atoms with van der Waals surface area (Å²) in [6.07, 6.45) is -4.53. The van der Waals surface area contributed by atoms with Crippen LogP contribution in [-0.2, 0) is 19.1 Å². The highest BCUT2D eigenvalue weighted by Crippen LogP contribution is 2.05. The number of rotatable bonds is 6. The summed E-state index contributed by atoms with van der Waals surface area (Å²) in [6, 6.07) is 0. The normalized spacial score (nSPS) is 16.1. The molecular formula is C9H16O7. The lowest BCUT2D eigenvalue weighted by Crippen LogP contribution is -2.39. The molecule has 0 rings (SSSR count). The van der Waals surface area contributed by atoms with Crippen molar-refractivity contribution in [2.75, 3.05) is 6.61 Å². The number of aliphatic hydroxyl groups is 3. The molecule has 0 aliphatic rings. The van der Waals surface area contributed by atoms with E-state index in [1.165, 1.54) is 6.92 Å². The SMILES string of the molecule is CCC(=O)OC(OC(=O)C(C)O)C(O)CO. The monoisotopic (exact) mass is 236 g/mol. The van der Waals surface area contributed by atoms with Gasteiger partial charge in [0, 0.05) is 6.42 Å². The standard InChI is InChI=1S/C9H16O7/c1-3-7(13)15-9(6(12)4-10)16-8(14)5(2)11/h5-6,9-12H,3-4H2,1-2H3. The largest absolute Gasteiger partial charge is 0.422 e. The van der Waals surface area contributed by atoms with Gasteiger partial charge in [-0.05, 0) is 6.92 Å². The minimum Gasteiger partial charge on any atom is -0.422 e. The lowest BCUT2D eigenvalue weighted by Gasteiger charge is -2.22. The molecule has 16 heavy (non-hydrogen) atoms. The van der Waals surface area contributed by atoms with Gasteiger partial charge in [-0.1, -0.05) is 6.92 Å². The van der Waals surface area contributed by atoms with Crippen molar-refractivity contribution in [3.05, 3.63) is 0 Å². The van der Waals surface area contributed by atoms with Crippen molar-refractivity contribution in [1.82, 2.24) is 0 Å². The fourth-order valence-electron chi connectivity index (χ4n) is 0.693. The number of carbonyl (C=O) groups is 2. The van der Waals surface area contributed by atoms with Crippen LogP contribution in [0.3, 0.4) is 0 Å². The van der Waals surface area contributed by atoms with Crippen molar-refractivity contribution in [3.8, 4) is 0 Å². The van der Waals surface area contributed by atoms with Crippen molar-refractivity contribution >= 4 is 11.9 Å². The van der Waals surface area contributed by atoms with E-state index in [0.29, 0.717) is 0 Å². The Morgan fingerprint density at radius 1 is 1.25 bits per heavy atom. The van der Waals surface area contributed by atoms with Crippen LogP contribution in [0.25, 0.3) is 0 Å². The van der Waals surface area contributed by atoms with Gasteiger partial charge in [0.1, 0.15) is 6.10 Å². The summed E-state index contributed by atoms with van der Waals surface area (Å²) in [5.41, 5.74) is 0. The fraction of sp³-hybridized carbons (Fsp3) is 0.778. The van der Waals surface area contributed by atoms with Gasteiger partial charge in [0.2, 0.25) is 0 Å². The number of ether oxygens (including phenoxy) is 2. The van der Waals surface area contributed by atoms with Gasteiger partial charge < -0.3 is 24.8 Å². The highest BCUT2D eigenvalue weighted by molar-refractivity contribution is 5.74. The van der Waals surface area contributed by atoms with Crippen LogP contribution in [0, 0.1) is 0 Å². The van der Waals surface area contributed by atoms with E-state index in [0.717, 1.165) is 6.92 Å². The first kappa shape index (κ1) is 14.8. The molecule has 0 aliphatic heterocycles. The lowest BCUT2D eigenvalue weighted by atomic mass is 10.3. The predicted octanol–water partition coefficient (Wildman–Crippen LogP) is -1.46. The van der Waals surface area contributed by atoms with Gasteiger partial charge in [-0.25, -0.2) is 4.79 Å². The molecule has 94 valence electrons. The first-order chi connectivity index (χ1) is 7.42. The number of hydrogen-bond acceptors (Lipinski definition) is 7. The summed E-state index contributed by atoms with van der Waals surface area (Å²) < 4.78 is 9.07. The van der Waals surface area contributed by atoms with Gasteiger partial charge in [-0.2, -0.15) is 0 Å². The van der Waals surface area contributed by atoms with E-state index in [-0.39, 0.29) is 6.42 Å². The van der Waals surface area contributed by atoms with E-state index in [1.807, 2.05) is 0 Å². The Labute approximate surface area is 92.6 Å². The first-order valence-corrected chi connectivity index (χ1v) is 4.79. The molecule has 0 aromatic carbocycles. The van der Waals surface area contributed by atoms with Gasteiger partial charge in [-0.15, -0.1) is 0 Å². The minimum atomic E-state index is -1.61. The van der Waals surface area contributed by atoms with Crippen LogP contribution in [0.15, 0.2) is 0 Å². The third kappa shape index (κ3) is 5.06. The molecule has 0 aromatic heterocycles. The van der Waals surface area contributed by atoms with E-state index in [4.69, 9.17) is 10.2 Å². The third-order valence-electron chi connectivity index (χ3n) is 1.61. The topological polar surface area (TPSA) is 113 Å². The van der Waals surface area contributed by atoms with Gasteiger partial charge in [0.05, 0.1) is 6.61 Å². The van der Waals surface area contributed by atoms with Crippen molar-refractivity contribution in [2.45, 2.75) is 38.8 Å². The average Bonchev–Trinajstić information content (AvgIpc) is 2.26. The summed E-state index contributed by atoms with van der Waals surface area (Å²) in [6.45, 7) is 1.93. The van der Waals surface area contributed by atoms with Crippen LogP contribution >= 0.6 is 0 Å². The van der Waals surface area contributed by atoms with E-state index in [9.17, 15) is 14.7 Å². The second-order valence-corrected chi connectivity index (χ2v) is 3.07. The van der Waals surface area contributed by atoms with Crippen LogP contribution in [0.2, 0.25) is 0 Å². The van der Waals surface area contributed by atoms with Crippen LogP contribution < -0.4 is 0 Å². The maximum absolute atomic E-state index is 11.0. The van der Waals surface area contributed by atoms with Crippen molar-refractivity contribution in [1.29, 1.82) is 0 Å². The van der Waals surface area contributed by atoms with Gasteiger partial charge in [0.15, 0.2) is 6.10 Å². The molecule has 3 N–H and O–H groups in total. The molecule has 0 aliphatic carbocycles. The molecule has 7 nitrogen and oxygen atoms in total. The molecule has 7 heteroatoms. The van der Waals surface area contributed by atoms with E-state index in [2.05, 4.69) is 9.47 Å². The number of carbonyl (C=O) groups excluding carboxylic acids is 2. The molecule has 0 spiro atoms. The summed E-state index contributed by atoms with van der Waals surface area (Å²) in [5, 5.41) is 26.7. The molecule has 0 amide bonds. The molecule has 3 atom stereocenters. The highest BCUT2D eigenvalue weighted by atomic mass is 16.7. The highest BCUT2D eigenvalue weighted by Gasteiger charge is 2.27. The Morgan fingerprint density at radius 2 is 1.81 bits per heavy atom. The Hall–Kier alpha value is -1.18. The van der Waals surface area contributed by atoms with Crippen molar-refractivity contribution in [3.63, 3.8) is 0 Å². The van der Waals surface area contributed by atoms with E-state index in [1.54, 1.807) is 0 Å². The molecular weight excluding hydrogens is 220 g/mol. The van der Waals surface area contributed by atoms with E-state index < -0.39 is 37.0 Å². The Morgan fingerprint density at radius 3 is 2.19 bits per heavy atom. The smallest absolute Gasteiger partial charge is 0.337 e. The van der Waals surface area contributed by atoms with Crippen molar-refractivity contribution < 1.29 is 34.4 Å². The average molecular weight is 236 g/mol.